The van der Waals surface area contributed by atoms with Crippen LogP contribution in [0.25, 0.3) is 0 Å². The molecule has 2 fully saturated rings. The van der Waals surface area contributed by atoms with Crippen molar-refractivity contribution < 1.29 is 19.1 Å². The number of nitrogens with zero attached hydrogens (tertiary/aromatic N) is 2. The molecule has 6 nitrogen and oxygen atoms in total. The van der Waals surface area contributed by atoms with Gasteiger partial charge in [-0.15, -0.1) is 0 Å². The number of carbonyl (C=O) groups is 3. The van der Waals surface area contributed by atoms with Crippen LogP contribution in [-0.2, 0) is 20.7 Å². The van der Waals surface area contributed by atoms with Gasteiger partial charge in [-0.2, -0.15) is 0 Å². The van der Waals surface area contributed by atoms with Gasteiger partial charge >= 0.3 is 6.09 Å². The average Bonchev–Trinajstić information content (AvgIpc) is 2.93. The smallest absolute Gasteiger partial charge is 0.417 e. The summed E-state index contributed by atoms with van der Waals surface area (Å²) in [5, 5.41) is 0. The summed E-state index contributed by atoms with van der Waals surface area (Å²) in [6, 6.07) is 7.73. The Morgan fingerprint density at radius 3 is 2.54 bits per heavy atom. The second-order valence-corrected chi connectivity index (χ2v) is 6.88. The third-order valence-electron chi connectivity index (χ3n) is 4.53. The van der Waals surface area contributed by atoms with Gasteiger partial charge in [0, 0.05) is 30.0 Å². The second kappa shape index (κ2) is 7.34. The van der Waals surface area contributed by atoms with Crippen molar-refractivity contribution in [3.8, 4) is 0 Å². The molecule has 1 aromatic carbocycles. The van der Waals surface area contributed by atoms with Crippen molar-refractivity contribution in [2.45, 2.75) is 31.7 Å². The normalized spacial score (nSPS) is 18.9. The molecule has 0 radical (unpaired) electrons. The number of benzene rings is 1. The highest BCUT2D eigenvalue weighted by atomic mass is 79.9. The first kappa shape index (κ1) is 17.0. The zero-order valence-electron chi connectivity index (χ0n) is 13.2. The number of ether oxygens (including phenoxy) is 1. The number of halogens is 1. The van der Waals surface area contributed by atoms with Crippen LogP contribution in [0.1, 0.15) is 24.8 Å². The number of piperidine rings is 1. The summed E-state index contributed by atoms with van der Waals surface area (Å²) < 4.78 is 5.77. The Labute approximate surface area is 148 Å². The molecule has 2 saturated heterocycles. The van der Waals surface area contributed by atoms with E-state index in [2.05, 4.69) is 15.9 Å². The molecule has 3 amide bonds. The third kappa shape index (κ3) is 3.61. The molecule has 0 atom stereocenters. The number of aryl methyl sites for hydroxylation is 1. The van der Waals surface area contributed by atoms with E-state index in [1.54, 1.807) is 0 Å². The fourth-order valence-electron chi connectivity index (χ4n) is 3.19. The Morgan fingerprint density at radius 2 is 1.92 bits per heavy atom. The third-order valence-corrected chi connectivity index (χ3v) is 5.31. The quantitative estimate of drug-likeness (QED) is 0.785. The molecule has 2 aliphatic rings. The summed E-state index contributed by atoms with van der Waals surface area (Å²) in [5.74, 6) is -0.168. The molecule has 2 aliphatic heterocycles. The number of amides is 3. The van der Waals surface area contributed by atoms with Crippen LogP contribution < -0.4 is 0 Å². The minimum Gasteiger partial charge on any atom is -0.439 e. The number of cyclic esters (lactones) is 1. The summed E-state index contributed by atoms with van der Waals surface area (Å²) in [4.78, 5) is 38.7. The predicted molar refractivity (Wildman–Crippen MR) is 90.3 cm³/mol. The maximum atomic E-state index is 12.4. The molecule has 24 heavy (non-hydrogen) atoms. The van der Waals surface area contributed by atoms with Crippen LogP contribution in [0, 0.1) is 0 Å². The van der Waals surface area contributed by atoms with Crippen molar-refractivity contribution >= 4 is 33.8 Å². The summed E-state index contributed by atoms with van der Waals surface area (Å²) in [6.07, 6.45) is 1.82. The lowest BCUT2D eigenvalue weighted by Crippen LogP contribution is -2.48. The monoisotopic (exact) mass is 394 g/mol. The Balaban J connectivity index is 1.49. The Bertz CT molecular complexity index is 640. The summed E-state index contributed by atoms with van der Waals surface area (Å²) >= 11 is 3.49. The summed E-state index contributed by atoms with van der Waals surface area (Å²) in [5.41, 5.74) is 1.12. The van der Waals surface area contributed by atoms with Gasteiger partial charge in [-0.05, 0) is 30.9 Å². The molecule has 2 heterocycles. The second-order valence-electron chi connectivity index (χ2n) is 6.02. The van der Waals surface area contributed by atoms with Gasteiger partial charge in [-0.3, -0.25) is 9.59 Å². The Kier molecular flexibility index (Phi) is 5.18. The molecule has 0 aliphatic carbocycles. The topological polar surface area (TPSA) is 66.9 Å². The number of imide groups is 1. The molecule has 0 aromatic heterocycles. The van der Waals surface area contributed by atoms with Crippen molar-refractivity contribution in [1.82, 2.24) is 9.80 Å². The highest BCUT2D eigenvalue weighted by molar-refractivity contribution is 9.10. The van der Waals surface area contributed by atoms with Crippen LogP contribution >= 0.6 is 15.9 Å². The fraction of sp³-hybridized carbons (Fsp3) is 0.471. The van der Waals surface area contributed by atoms with E-state index < -0.39 is 6.09 Å². The average molecular weight is 395 g/mol. The van der Waals surface area contributed by atoms with Crippen LogP contribution in [0.5, 0.6) is 0 Å². The Morgan fingerprint density at radius 1 is 1.21 bits per heavy atom. The Hall–Kier alpha value is -1.89. The standard InChI is InChI=1S/C17H19BrN2O4/c18-14-4-2-1-3-12(14)5-6-15(21)19-9-7-13(8-10-19)20-16(22)11-24-17(20)23/h1-4,13H,5-11H2. The zero-order chi connectivity index (χ0) is 17.1. The maximum Gasteiger partial charge on any atom is 0.417 e. The van der Waals surface area contributed by atoms with Crippen molar-refractivity contribution in [1.29, 1.82) is 0 Å². The van der Waals surface area contributed by atoms with E-state index in [0.29, 0.717) is 38.8 Å². The first-order valence-electron chi connectivity index (χ1n) is 8.06. The van der Waals surface area contributed by atoms with E-state index in [0.717, 1.165) is 10.0 Å². The molecule has 0 spiro atoms. The molecule has 0 unspecified atom stereocenters. The molecule has 3 rings (SSSR count). The van der Waals surface area contributed by atoms with Crippen LogP contribution in [0.4, 0.5) is 4.79 Å². The van der Waals surface area contributed by atoms with Gasteiger partial charge in [0.2, 0.25) is 5.91 Å². The minimum atomic E-state index is -0.557. The molecule has 128 valence electrons. The van der Waals surface area contributed by atoms with Crippen molar-refractivity contribution in [2.24, 2.45) is 0 Å². The number of hydrogen-bond donors (Lipinski definition) is 0. The summed E-state index contributed by atoms with van der Waals surface area (Å²) in [7, 11) is 0. The molecular formula is C17H19BrN2O4. The number of likely N-dealkylation sites (tertiary alicyclic amines) is 1. The molecule has 0 N–H and O–H groups in total. The zero-order valence-corrected chi connectivity index (χ0v) is 14.8. The summed E-state index contributed by atoms with van der Waals surface area (Å²) in [6.45, 7) is 0.969. The highest BCUT2D eigenvalue weighted by Crippen LogP contribution is 2.22. The minimum absolute atomic E-state index is 0.111. The molecule has 1 aromatic rings. The van der Waals surface area contributed by atoms with Crippen molar-refractivity contribution in [2.75, 3.05) is 19.7 Å². The van der Waals surface area contributed by atoms with E-state index in [1.807, 2.05) is 29.2 Å². The van der Waals surface area contributed by atoms with Gasteiger partial charge in [0.05, 0.1) is 0 Å². The van der Waals surface area contributed by atoms with Crippen molar-refractivity contribution in [3.63, 3.8) is 0 Å². The molecular weight excluding hydrogens is 376 g/mol. The van der Waals surface area contributed by atoms with Crippen LogP contribution in [0.2, 0.25) is 0 Å². The number of rotatable bonds is 4. The number of carbonyl (C=O) groups excluding carboxylic acids is 3. The van der Waals surface area contributed by atoms with Crippen molar-refractivity contribution in [3.05, 3.63) is 34.3 Å². The first-order valence-corrected chi connectivity index (χ1v) is 8.85. The van der Waals surface area contributed by atoms with Gasteiger partial charge in [0.25, 0.3) is 5.91 Å². The van der Waals surface area contributed by atoms with Gasteiger partial charge in [-0.25, -0.2) is 9.69 Å². The molecule has 7 heteroatoms. The van der Waals surface area contributed by atoms with E-state index in [9.17, 15) is 14.4 Å². The van der Waals surface area contributed by atoms with Crippen LogP contribution in [0.15, 0.2) is 28.7 Å². The van der Waals surface area contributed by atoms with E-state index >= 15 is 0 Å². The van der Waals surface area contributed by atoms with Crippen LogP contribution in [0.3, 0.4) is 0 Å². The fourth-order valence-corrected chi connectivity index (χ4v) is 3.67. The predicted octanol–water partition coefficient (Wildman–Crippen LogP) is 2.35. The molecule has 0 bridgehead atoms. The van der Waals surface area contributed by atoms with Gasteiger partial charge in [0.1, 0.15) is 0 Å². The van der Waals surface area contributed by atoms with E-state index in [4.69, 9.17) is 4.74 Å². The van der Waals surface area contributed by atoms with E-state index in [-0.39, 0.29) is 24.5 Å². The lowest BCUT2D eigenvalue weighted by atomic mass is 10.0. The maximum absolute atomic E-state index is 12.4. The highest BCUT2D eigenvalue weighted by Gasteiger charge is 2.38. The lowest BCUT2D eigenvalue weighted by molar-refractivity contribution is -0.133. The SMILES string of the molecule is O=C(CCc1ccccc1Br)N1CCC(N2C(=O)COC2=O)CC1. The largest absolute Gasteiger partial charge is 0.439 e. The van der Waals surface area contributed by atoms with E-state index in [1.165, 1.54) is 4.90 Å². The van der Waals surface area contributed by atoms with Gasteiger partial charge in [-0.1, -0.05) is 34.1 Å². The van der Waals surface area contributed by atoms with Gasteiger partial charge in [0.15, 0.2) is 6.61 Å². The molecule has 0 saturated carbocycles. The van der Waals surface area contributed by atoms with Crippen LogP contribution in [-0.4, -0.2) is 53.4 Å². The lowest BCUT2D eigenvalue weighted by Gasteiger charge is -2.34. The number of hydrogen-bond acceptors (Lipinski definition) is 4. The first-order chi connectivity index (χ1) is 11.6. The van der Waals surface area contributed by atoms with Gasteiger partial charge < -0.3 is 9.64 Å².